The molecule has 3 aliphatic rings. The van der Waals surface area contributed by atoms with Gasteiger partial charge in [0.1, 0.15) is 42.2 Å². The van der Waals surface area contributed by atoms with Gasteiger partial charge >= 0.3 is 5.97 Å². The largest absolute Gasteiger partial charge is 0.503 e. The molecule has 0 aliphatic carbocycles. The number of aliphatic carboxylic acids is 1. The smallest absolute Gasteiger partial charge is 0.352 e. The van der Waals surface area contributed by atoms with Crippen LogP contribution in [0.3, 0.4) is 0 Å². The van der Waals surface area contributed by atoms with Crippen LogP contribution in [0.15, 0.2) is 38.9 Å². The van der Waals surface area contributed by atoms with E-state index in [0.717, 1.165) is 23.6 Å². The maximum Gasteiger partial charge on any atom is 0.352 e. The van der Waals surface area contributed by atoms with Gasteiger partial charge < -0.3 is 40.1 Å². The molecule has 17 nitrogen and oxygen atoms in total. The lowest BCUT2D eigenvalue weighted by atomic mass is 10.0. The van der Waals surface area contributed by atoms with Crippen molar-refractivity contribution < 1.29 is 43.5 Å². The fourth-order valence-electron chi connectivity index (χ4n) is 5.34. The molecular weight excluding hydrogens is 632 g/mol. The molecule has 19 heteroatoms. The number of amides is 4. The van der Waals surface area contributed by atoms with E-state index in [1.54, 1.807) is 4.90 Å². The van der Waals surface area contributed by atoms with Crippen LogP contribution in [-0.2, 0) is 24.0 Å². The number of carboxylic acids is 1. The minimum atomic E-state index is -1.26. The van der Waals surface area contributed by atoms with Gasteiger partial charge in [0, 0.05) is 29.0 Å². The maximum atomic E-state index is 13.2. The Hall–Kier alpha value is -4.75. The van der Waals surface area contributed by atoms with Crippen molar-refractivity contribution in [1.29, 1.82) is 0 Å². The first-order valence-corrected chi connectivity index (χ1v) is 15.4. The van der Waals surface area contributed by atoms with E-state index in [1.165, 1.54) is 29.2 Å². The number of pyridine rings is 1. The molecule has 4 amide bonds. The third kappa shape index (κ3) is 6.26. The highest BCUT2D eigenvalue weighted by molar-refractivity contribution is 8.00. The third-order valence-corrected chi connectivity index (χ3v) is 9.78. The molecule has 3 aliphatic heterocycles. The Bertz CT molecular complexity index is 1680. The van der Waals surface area contributed by atoms with Crippen molar-refractivity contribution in [2.75, 3.05) is 58.0 Å². The molecule has 2 aromatic heterocycles. The van der Waals surface area contributed by atoms with E-state index in [0.29, 0.717) is 54.9 Å². The standard InChI is InChI=1S/C26H28N8O9S2/c1-34(5-3-32(4-6-34)22(39)14-7-16(36)17(37)8-27-14)9-13-10-44-24-19(23(40)33(24)20(13)25(41)42)30-21(38)18(31-43-2)15-11-45-26(29-15)28-12-35/h7-8,11-12,19,24H,3-6,9-10H2,1-2H3,(H4-,27,28,29,30,31,35,36,37,38,39,41,42)/p+1/t19-,24+/m1/s1. The molecular formula is C26H29N8O9S2+. The summed E-state index contributed by atoms with van der Waals surface area (Å²) in [6.07, 6.45) is 1.50. The summed E-state index contributed by atoms with van der Waals surface area (Å²) in [5.74, 6) is -3.17. The van der Waals surface area contributed by atoms with Gasteiger partial charge in [0.15, 0.2) is 16.6 Å². The minimum absolute atomic E-state index is 0.0595. The number of H-pyrrole nitrogens is 1. The second-order valence-electron chi connectivity index (χ2n) is 10.7. The van der Waals surface area contributed by atoms with Gasteiger partial charge in [0.25, 0.3) is 17.7 Å². The molecule has 0 saturated carbocycles. The second kappa shape index (κ2) is 12.7. The number of carboxylic acid groups (broad SMARTS) is 1. The molecule has 0 radical (unpaired) electrons. The van der Waals surface area contributed by atoms with E-state index < -0.39 is 40.4 Å². The first kappa shape index (κ1) is 31.7. The molecule has 5 heterocycles. The highest BCUT2D eigenvalue weighted by Gasteiger charge is 2.55. The molecule has 2 saturated heterocycles. The molecule has 5 rings (SSSR count). The Morgan fingerprint density at radius 3 is 2.67 bits per heavy atom. The number of aromatic hydroxyl groups is 1. The van der Waals surface area contributed by atoms with E-state index in [9.17, 15) is 39.0 Å². The SMILES string of the molecule is CON=C(C(=O)N[C@@H]1C(=O)N2C(C(=O)O)=C(C[N+]3(C)CCN(C(=O)c4cc(=O)c(O)c[nH]4)CC3)CS[C@@H]12)c1csc(NC=O)n1. The highest BCUT2D eigenvalue weighted by Crippen LogP contribution is 2.41. The van der Waals surface area contributed by atoms with Gasteiger partial charge in [0.2, 0.25) is 11.8 Å². The molecule has 5 N–H and O–H groups in total. The van der Waals surface area contributed by atoms with Crippen molar-refractivity contribution in [3.63, 3.8) is 0 Å². The van der Waals surface area contributed by atoms with Gasteiger partial charge in [-0.15, -0.1) is 23.1 Å². The number of anilines is 1. The summed E-state index contributed by atoms with van der Waals surface area (Å²) in [7, 11) is 3.18. The summed E-state index contributed by atoms with van der Waals surface area (Å²) >= 11 is 2.39. The quantitative estimate of drug-likeness (QED) is 0.0668. The highest BCUT2D eigenvalue weighted by atomic mass is 32.2. The van der Waals surface area contributed by atoms with Crippen molar-refractivity contribution in [3.8, 4) is 5.75 Å². The van der Waals surface area contributed by atoms with Gasteiger partial charge in [-0.1, -0.05) is 5.16 Å². The Kier molecular flexibility index (Phi) is 8.94. The summed E-state index contributed by atoms with van der Waals surface area (Å²) in [5, 5.41) is 29.3. The lowest BCUT2D eigenvalue weighted by Crippen LogP contribution is -2.71. The number of nitrogens with zero attached hydrogens (tertiary/aromatic N) is 5. The minimum Gasteiger partial charge on any atom is -0.503 e. The molecule has 0 spiro atoms. The first-order valence-electron chi connectivity index (χ1n) is 13.5. The van der Waals surface area contributed by atoms with Crippen molar-refractivity contribution in [2.45, 2.75) is 11.4 Å². The zero-order valence-electron chi connectivity index (χ0n) is 24.0. The Morgan fingerprint density at radius 1 is 1.29 bits per heavy atom. The topological polar surface area (TPSA) is 224 Å². The third-order valence-electron chi connectivity index (χ3n) is 7.67. The van der Waals surface area contributed by atoms with Gasteiger partial charge in [-0.05, 0) is 0 Å². The monoisotopic (exact) mass is 661 g/mol. The van der Waals surface area contributed by atoms with E-state index in [-0.39, 0.29) is 33.8 Å². The Balaban J connectivity index is 1.25. The first-order chi connectivity index (χ1) is 21.5. The maximum absolute atomic E-state index is 13.2. The Labute approximate surface area is 263 Å². The fraction of sp³-hybridized carbons (Fsp3) is 0.385. The number of carbonyl (C=O) groups excluding carboxylic acids is 4. The second-order valence-corrected chi connectivity index (χ2v) is 12.6. The number of fused-ring (bicyclic) bond motifs is 1. The van der Waals surface area contributed by atoms with Gasteiger partial charge in [-0.2, -0.15) is 0 Å². The lowest BCUT2D eigenvalue weighted by molar-refractivity contribution is -0.908. The van der Waals surface area contributed by atoms with Crippen LogP contribution in [0.5, 0.6) is 5.75 Å². The molecule has 0 aromatic carbocycles. The van der Waals surface area contributed by atoms with Crippen molar-refractivity contribution >= 4 is 64.0 Å². The molecule has 0 bridgehead atoms. The van der Waals surface area contributed by atoms with Crippen LogP contribution in [-0.4, -0.2) is 134 Å². The fourth-order valence-corrected chi connectivity index (χ4v) is 7.33. The number of carbonyl (C=O) groups is 5. The van der Waals surface area contributed by atoms with Crippen LogP contribution in [0.1, 0.15) is 16.2 Å². The molecule has 2 atom stereocenters. The van der Waals surface area contributed by atoms with E-state index in [4.69, 9.17) is 4.84 Å². The number of rotatable bonds is 10. The van der Waals surface area contributed by atoms with E-state index >= 15 is 0 Å². The van der Waals surface area contributed by atoms with Crippen molar-refractivity contribution in [1.82, 2.24) is 25.1 Å². The molecule has 238 valence electrons. The van der Waals surface area contributed by atoms with Crippen LogP contribution < -0.4 is 16.1 Å². The predicted octanol–water partition coefficient (Wildman–Crippen LogP) is -1.20. The summed E-state index contributed by atoms with van der Waals surface area (Å²) in [5.41, 5.74) is -0.267. The average Bonchev–Trinajstić information content (AvgIpc) is 3.47. The number of thiazole rings is 1. The number of aromatic amines is 1. The summed E-state index contributed by atoms with van der Waals surface area (Å²) in [4.78, 5) is 88.4. The molecule has 2 aromatic rings. The van der Waals surface area contributed by atoms with E-state index in [2.05, 4.69) is 25.8 Å². The number of oxime groups is 1. The lowest BCUT2D eigenvalue weighted by Gasteiger charge is -2.50. The number of β-lactam (4-membered cyclic amide) rings is 1. The summed E-state index contributed by atoms with van der Waals surface area (Å²) in [6, 6.07) is 0.0324. The average molecular weight is 662 g/mol. The predicted molar refractivity (Wildman–Crippen MR) is 160 cm³/mol. The van der Waals surface area contributed by atoms with Crippen LogP contribution in [0.25, 0.3) is 0 Å². The van der Waals surface area contributed by atoms with Crippen LogP contribution in [0.4, 0.5) is 5.13 Å². The van der Waals surface area contributed by atoms with Gasteiger partial charge in [0.05, 0.1) is 33.2 Å². The molecule has 0 unspecified atom stereocenters. The van der Waals surface area contributed by atoms with Gasteiger partial charge in [-0.25, -0.2) is 9.78 Å². The van der Waals surface area contributed by atoms with Gasteiger partial charge in [-0.3, -0.25) is 28.9 Å². The number of thioether (sulfide) groups is 1. The van der Waals surface area contributed by atoms with Crippen LogP contribution >= 0.6 is 23.1 Å². The molecule has 45 heavy (non-hydrogen) atoms. The number of likely N-dealkylation sites (N-methyl/N-ethyl adjacent to an activating group) is 1. The van der Waals surface area contributed by atoms with Crippen LogP contribution in [0, 0.1) is 0 Å². The zero-order valence-corrected chi connectivity index (χ0v) is 25.6. The Morgan fingerprint density at radius 2 is 2.02 bits per heavy atom. The van der Waals surface area contributed by atoms with Crippen molar-refractivity contribution in [3.05, 3.63) is 50.5 Å². The van der Waals surface area contributed by atoms with Crippen molar-refractivity contribution in [2.24, 2.45) is 5.16 Å². The summed E-state index contributed by atoms with van der Waals surface area (Å²) < 4.78 is 0.418. The number of piperazine rings is 1. The number of aromatic nitrogens is 2. The van der Waals surface area contributed by atoms with E-state index in [1.807, 2.05) is 7.05 Å². The zero-order chi connectivity index (χ0) is 32.5. The normalized spacial score (nSPS) is 21.0. The summed E-state index contributed by atoms with van der Waals surface area (Å²) in [6.45, 7) is 2.00. The number of hydrogen-bond donors (Lipinski definition) is 5. The number of hydrogen-bond acceptors (Lipinski definition) is 12. The molecule has 2 fully saturated rings. The number of quaternary nitrogens is 1. The van der Waals surface area contributed by atoms with Crippen LogP contribution in [0.2, 0.25) is 0 Å². The number of nitrogens with one attached hydrogen (secondary N) is 3.